The van der Waals surface area contributed by atoms with E-state index in [1.807, 2.05) is 24.3 Å². The molecular formula is C20H24N4O4. The molecule has 0 aliphatic carbocycles. The number of para-hydroxylation sites is 2. The standard InChI is InChI=1S/C20H24N4O4/c25-19(16-4-3-8-21-16)23-10-12-24(13-11-23)20(26)22-9-7-15-14-27-17-5-1-2-6-18(17)28-15/h1-6,8,15,21H,7,9-14H2,(H,22,26)/t15-/m0/s1. The third kappa shape index (κ3) is 4.05. The van der Waals surface area contributed by atoms with Crippen LogP contribution >= 0.6 is 0 Å². The quantitative estimate of drug-likeness (QED) is 0.840. The van der Waals surface area contributed by atoms with Crippen LogP contribution in [0, 0.1) is 0 Å². The van der Waals surface area contributed by atoms with E-state index in [9.17, 15) is 9.59 Å². The highest BCUT2D eigenvalue weighted by Crippen LogP contribution is 2.31. The van der Waals surface area contributed by atoms with Crippen LogP contribution in [0.25, 0.3) is 0 Å². The van der Waals surface area contributed by atoms with Crippen molar-refractivity contribution in [2.24, 2.45) is 0 Å². The Bertz CT molecular complexity index is 815. The van der Waals surface area contributed by atoms with Crippen LogP contribution in [0.4, 0.5) is 4.79 Å². The summed E-state index contributed by atoms with van der Waals surface area (Å²) >= 11 is 0. The number of nitrogens with zero attached hydrogens (tertiary/aromatic N) is 2. The Kier molecular flexibility index (Phi) is 5.36. The first-order valence-electron chi connectivity index (χ1n) is 9.54. The van der Waals surface area contributed by atoms with Crippen molar-refractivity contribution in [1.29, 1.82) is 0 Å². The van der Waals surface area contributed by atoms with Crippen molar-refractivity contribution >= 4 is 11.9 Å². The predicted molar refractivity (Wildman–Crippen MR) is 103 cm³/mol. The van der Waals surface area contributed by atoms with Gasteiger partial charge in [0.2, 0.25) is 0 Å². The first-order valence-corrected chi connectivity index (χ1v) is 9.54. The molecule has 0 bridgehead atoms. The maximum Gasteiger partial charge on any atom is 0.317 e. The molecule has 28 heavy (non-hydrogen) atoms. The van der Waals surface area contributed by atoms with Gasteiger partial charge in [-0.3, -0.25) is 4.79 Å². The number of amides is 3. The van der Waals surface area contributed by atoms with Crippen LogP contribution in [0.3, 0.4) is 0 Å². The van der Waals surface area contributed by atoms with Crippen LogP contribution < -0.4 is 14.8 Å². The van der Waals surface area contributed by atoms with E-state index in [1.165, 1.54) is 0 Å². The third-order valence-corrected chi connectivity index (χ3v) is 4.99. The Hall–Kier alpha value is -3.16. The summed E-state index contributed by atoms with van der Waals surface area (Å²) in [5.74, 6) is 1.47. The smallest absolute Gasteiger partial charge is 0.317 e. The highest BCUT2D eigenvalue weighted by molar-refractivity contribution is 5.92. The molecule has 148 valence electrons. The normalized spacial score (nSPS) is 18.6. The van der Waals surface area contributed by atoms with Crippen molar-refractivity contribution in [3.8, 4) is 11.5 Å². The van der Waals surface area contributed by atoms with Crippen LogP contribution in [0.15, 0.2) is 42.6 Å². The molecular weight excluding hydrogens is 360 g/mol. The van der Waals surface area contributed by atoms with Crippen molar-refractivity contribution < 1.29 is 19.1 Å². The molecule has 1 atom stereocenters. The van der Waals surface area contributed by atoms with Crippen molar-refractivity contribution in [3.05, 3.63) is 48.3 Å². The topological polar surface area (TPSA) is 86.9 Å². The molecule has 8 nitrogen and oxygen atoms in total. The number of hydrogen-bond donors (Lipinski definition) is 2. The van der Waals surface area contributed by atoms with Crippen LogP contribution in [0.5, 0.6) is 11.5 Å². The SMILES string of the molecule is O=C(NCC[C@H]1COc2ccccc2O1)N1CCN(C(=O)c2ccc[nH]2)CC1. The Morgan fingerprint density at radius 2 is 1.79 bits per heavy atom. The minimum absolute atomic E-state index is 0.0280. The molecule has 1 aromatic carbocycles. The first-order chi connectivity index (χ1) is 13.7. The molecule has 4 rings (SSSR count). The van der Waals surface area contributed by atoms with Gasteiger partial charge in [-0.25, -0.2) is 4.79 Å². The highest BCUT2D eigenvalue weighted by atomic mass is 16.6. The van der Waals surface area contributed by atoms with Crippen LogP contribution in [-0.4, -0.2) is 72.2 Å². The van der Waals surface area contributed by atoms with Gasteiger partial charge in [-0.15, -0.1) is 0 Å². The molecule has 0 radical (unpaired) electrons. The number of nitrogens with one attached hydrogen (secondary N) is 2. The second-order valence-corrected chi connectivity index (χ2v) is 6.88. The van der Waals surface area contributed by atoms with Crippen LogP contribution in [0.2, 0.25) is 0 Å². The maximum absolute atomic E-state index is 12.4. The van der Waals surface area contributed by atoms with Crippen molar-refractivity contribution in [2.45, 2.75) is 12.5 Å². The number of ether oxygens (including phenoxy) is 2. The number of aromatic amines is 1. The van der Waals surface area contributed by atoms with Gasteiger partial charge in [0.05, 0.1) is 0 Å². The largest absolute Gasteiger partial charge is 0.486 e. The lowest BCUT2D eigenvalue weighted by Crippen LogP contribution is -2.53. The summed E-state index contributed by atoms with van der Waals surface area (Å²) in [6.07, 6.45) is 2.33. The van der Waals surface area contributed by atoms with E-state index in [4.69, 9.17) is 9.47 Å². The van der Waals surface area contributed by atoms with E-state index < -0.39 is 0 Å². The summed E-state index contributed by atoms with van der Waals surface area (Å²) in [5, 5.41) is 2.94. The Labute approximate surface area is 163 Å². The highest BCUT2D eigenvalue weighted by Gasteiger charge is 2.26. The Morgan fingerprint density at radius 1 is 1.04 bits per heavy atom. The van der Waals surface area contributed by atoms with Crippen molar-refractivity contribution in [2.75, 3.05) is 39.3 Å². The van der Waals surface area contributed by atoms with E-state index in [2.05, 4.69) is 10.3 Å². The number of piperazine rings is 1. The number of rotatable bonds is 4. The summed E-state index contributed by atoms with van der Waals surface area (Å²) in [4.78, 5) is 31.1. The third-order valence-electron chi connectivity index (χ3n) is 4.99. The number of urea groups is 1. The van der Waals surface area contributed by atoms with E-state index in [1.54, 1.807) is 28.1 Å². The molecule has 0 spiro atoms. The minimum Gasteiger partial charge on any atom is -0.486 e. The van der Waals surface area contributed by atoms with E-state index in [-0.39, 0.29) is 18.0 Å². The van der Waals surface area contributed by atoms with E-state index >= 15 is 0 Å². The molecule has 2 aliphatic rings. The van der Waals surface area contributed by atoms with Gasteiger partial charge in [-0.05, 0) is 24.3 Å². The summed E-state index contributed by atoms with van der Waals surface area (Å²) in [7, 11) is 0. The molecule has 2 aromatic rings. The zero-order chi connectivity index (χ0) is 19.3. The second kappa shape index (κ2) is 8.24. The Balaban J connectivity index is 1.18. The number of benzene rings is 1. The summed E-state index contributed by atoms with van der Waals surface area (Å²) in [6.45, 7) is 3.09. The molecule has 3 amide bonds. The number of hydrogen-bond acceptors (Lipinski definition) is 4. The van der Waals surface area contributed by atoms with Gasteiger partial charge in [0.15, 0.2) is 11.5 Å². The van der Waals surface area contributed by atoms with Gasteiger partial charge >= 0.3 is 6.03 Å². The van der Waals surface area contributed by atoms with Gasteiger partial charge in [-0.2, -0.15) is 0 Å². The van der Waals surface area contributed by atoms with E-state index in [0.717, 1.165) is 11.5 Å². The number of carbonyl (C=O) groups is 2. The average Bonchev–Trinajstić information content (AvgIpc) is 3.28. The van der Waals surface area contributed by atoms with E-state index in [0.29, 0.717) is 51.4 Å². The predicted octanol–water partition coefficient (Wildman–Crippen LogP) is 1.71. The number of fused-ring (bicyclic) bond motifs is 1. The first kappa shape index (κ1) is 18.2. The molecule has 0 saturated carbocycles. The molecule has 0 unspecified atom stereocenters. The number of H-pyrrole nitrogens is 1. The monoisotopic (exact) mass is 384 g/mol. The Morgan fingerprint density at radius 3 is 2.54 bits per heavy atom. The summed E-state index contributed by atoms with van der Waals surface area (Å²) in [6, 6.07) is 11.0. The number of aromatic nitrogens is 1. The average molecular weight is 384 g/mol. The summed E-state index contributed by atoms with van der Waals surface area (Å²) in [5.41, 5.74) is 0.578. The second-order valence-electron chi connectivity index (χ2n) is 6.88. The van der Waals surface area contributed by atoms with Gasteiger partial charge in [0.25, 0.3) is 5.91 Å². The van der Waals surface area contributed by atoms with Crippen LogP contribution in [0.1, 0.15) is 16.9 Å². The molecule has 8 heteroatoms. The lowest BCUT2D eigenvalue weighted by Gasteiger charge is -2.34. The van der Waals surface area contributed by atoms with Crippen molar-refractivity contribution in [1.82, 2.24) is 20.1 Å². The molecule has 1 aromatic heterocycles. The van der Waals surface area contributed by atoms with Gasteiger partial charge in [-0.1, -0.05) is 12.1 Å². The zero-order valence-electron chi connectivity index (χ0n) is 15.6. The van der Waals surface area contributed by atoms with Gasteiger partial charge < -0.3 is 29.6 Å². The van der Waals surface area contributed by atoms with Gasteiger partial charge in [0.1, 0.15) is 18.4 Å². The maximum atomic E-state index is 12.4. The zero-order valence-corrected chi connectivity index (χ0v) is 15.6. The number of carbonyl (C=O) groups excluding carboxylic acids is 2. The fourth-order valence-electron chi connectivity index (χ4n) is 3.40. The van der Waals surface area contributed by atoms with Crippen molar-refractivity contribution in [3.63, 3.8) is 0 Å². The fourth-order valence-corrected chi connectivity index (χ4v) is 3.40. The minimum atomic E-state index is -0.107. The molecule has 1 fully saturated rings. The lowest BCUT2D eigenvalue weighted by molar-refractivity contribution is 0.0656. The van der Waals surface area contributed by atoms with Gasteiger partial charge in [0, 0.05) is 45.3 Å². The van der Waals surface area contributed by atoms with Crippen LogP contribution in [-0.2, 0) is 0 Å². The molecule has 2 N–H and O–H groups in total. The fraction of sp³-hybridized carbons (Fsp3) is 0.400. The molecule has 1 saturated heterocycles. The molecule has 3 heterocycles. The lowest BCUT2D eigenvalue weighted by atomic mass is 10.2. The summed E-state index contributed by atoms with van der Waals surface area (Å²) < 4.78 is 11.6. The molecule has 2 aliphatic heterocycles.